The maximum absolute atomic E-state index is 13.7. The van der Waals surface area contributed by atoms with Gasteiger partial charge in [-0.05, 0) is 37.8 Å². The number of nitrogens with one attached hydrogen (secondary N) is 1. The van der Waals surface area contributed by atoms with E-state index in [9.17, 15) is 9.18 Å². The monoisotopic (exact) mass is 263 g/mol. The van der Waals surface area contributed by atoms with E-state index >= 15 is 0 Å². The molecule has 2 saturated heterocycles. The lowest BCUT2D eigenvalue weighted by Crippen LogP contribution is -2.40. The lowest BCUT2D eigenvalue weighted by atomic mass is 9.85. The molecule has 0 aliphatic carbocycles. The zero-order valence-electron chi connectivity index (χ0n) is 11.0. The van der Waals surface area contributed by atoms with Gasteiger partial charge in [0.2, 0.25) is 0 Å². The van der Waals surface area contributed by atoms with Crippen molar-refractivity contribution in [3.63, 3.8) is 0 Å². The summed E-state index contributed by atoms with van der Waals surface area (Å²) in [6.07, 6.45) is 4.01. The van der Waals surface area contributed by atoms with Crippen molar-refractivity contribution >= 4 is 5.78 Å². The molecule has 2 fully saturated rings. The van der Waals surface area contributed by atoms with Crippen LogP contribution in [0.2, 0.25) is 0 Å². The minimum Gasteiger partial charge on any atom is -0.493 e. The van der Waals surface area contributed by atoms with Crippen molar-refractivity contribution < 1.29 is 13.9 Å². The van der Waals surface area contributed by atoms with Crippen molar-refractivity contribution in [2.45, 2.75) is 37.8 Å². The number of halogens is 1. The van der Waals surface area contributed by atoms with Gasteiger partial charge in [-0.25, -0.2) is 4.39 Å². The highest BCUT2D eigenvalue weighted by Gasteiger charge is 2.37. The second kappa shape index (κ2) is 4.93. The topological polar surface area (TPSA) is 38.3 Å². The first-order valence-electron chi connectivity index (χ1n) is 6.82. The van der Waals surface area contributed by atoms with Crippen LogP contribution in [0, 0.1) is 11.7 Å². The molecule has 2 aliphatic heterocycles. The highest BCUT2D eigenvalue weighted by atomic mass is 19.1. The van der Waals surface area contributed by atoms with Crippen LogP contribution in [0.5, 0.6) is 5.75 Å². The highest BCUT2D eigenvalue weighted by molar-refractivity contribution is 6.00. The van der Waals surface area contributed by atoms with E-state index in [0.29, 0.717) is 17.6 Å². The number of carbonyl (C=O) groups excluding carboxylic acids is 1. The maximum atomic E-state index is 13.7. The Morgan fingerprint density at radius 1 is 1.32 bits per heavy atom. The average Bonchev–Trinajstić information content (AvgIpc) is 2.76. The van der Waals surface area contributed by atoms with Crippen LogP contribution in [-0.2, 0) is 0 Å². The number of carbonyl (C=O) groups is 1. The minimum absolute atomic E-state index is 0.00514. The van der Waals surface area contributed by atoms with Gasteiger partial charge in [0.1, 0.15) is 0 Å². The van der Waals surface area contributed by atoms with Gasteiger partial charge in [-0.15, -0.1) is 0 Å². The maximum Gasteiger partial charge on any atom is 0.169 e. The number of fused-ring (bicyclic) bond motifs is 2. The van der Waals surface area contributed by atoms with Gasteiger partial charge >= 0.3 is 0 Å². The van der Waals surface area contributed by atoms with Crippen molar-refractivity contribution in [1.29, 1.82) is 0 Å². The molecule has 1 aromatic rings. The number of methoxy groups -OCH3 is 1. The Balaban J connectivity index is 1.86. The van der Waals surface area contributed by atoms with Crippen molar-refractivity contribution in [2.75, 3.05) is 7.11 Å². The lowest BCUT2D eigenvalue weighted by Gasteiger charge is -2.28. The Morgan fingerprint density at radius 2 is 2.00 bits per heavy atom. The largest absolute Gasteiger partial charge is 0.493 e. The fraction of sp³-hybridized carbons (Fsp3) is 0.533. The number of Topliss-reactive ketones (excluding diaryl/α,β-unsaturated/α-hetero) is 1. The first-order valence-corrected chi connectivity index (χ1v) is 6.82. The van der Waals surface area contributed by atoms with Crippen LogP contribution in [-0.4, -0.2) is 25.0 Å². The first-order chi connectivity index (χ1) is 9.19. The van der Waals surface area contributed by atoms with E-state index in [4.69, 9.17) is 4.74 Å². The van der Waals surface area contributed by atoms with E-state index in [1.165, 1.54) is 13.2 Å². The van der Waals surface area contributed by atoms with Gasteiger partial charge in [0, 0.05) is 18.0 Å². The Hall–Kier alpha value is -1.42. The van der Waals surface area contributed by atoms with Gasteiger partial charge in [0.25, 0.3) is 0 Å². The summed E-state index contributed by atoms with van der Waals surface area (Å²) in [6, 6.07) is 5.45. The van der Waals surface area contributed by atoms with Gasteiger partial charge in [-0.1, -0.05) is 6.07 Å². The molecule has 0 spiro atoms. The minimum atomic E-state index is -0.467. The van der Waals surface area contributed by atoms with Crippen molar-refractivity contribution in [1.82, 2.24) is 5.32 Å². The normalized spacial score (nSPS) is 29.3. The van der Waals surface area contributed by atoms with E-state index in [-0.39, 0.29) is 17.5 Å². The Kier molecular flexibility index (Phi) is 3.27. The molecule has 3 nitrogen and oxygen atoms in total. The third kappa shape index (κ3) is 2.25. The van der Waals surface area contributed by atoms with E-state index in [1.807, 2.05) is 0 Å². The number of piperidine rings is 1. The molecule has 102 valence electrons. The fourth-order valence-electron chi connectivity index (χ4n) is 3.40. The van der Waals surface area contributed by atoms with Gasteiger partial charge in [0.05, 0.1) is 12.7 Å². The molecule has 1 aromatic carbocycles. The van der Waals surface area contributed by atoms with Crippen LogP contribution < -0.4 is 10.1 Å². The smallest absolute Gasteiger partial charge is 0.169 e. The fourth-order valence-corrected chi connectivity index (χ4v) is 3.40. The molecule has 1 N–H and O–H groups in total. The van der Waals surface area contributed by atoms with E-state index in [2.05, 4.69) is 5.32 Å². The molecule has 0 amide bonds. The molecule has 0 radical (unpaired) electrons. The second-order valence-electron chi connectivity index (χ2n) is 5.49. The zero-order valence-corrected chi connectivity index (χ0v) is 11.0. The highest BCUT2D eigenvalue weighted by Crippen LogP contribution is 2.35. The number of hydrogen-bond acceptors (Lipinski definition) is 3. The molecular formula is C15H18FNO2. The van der Waals surface area contributed by atoms with Crippen LogP contribution in [0.4, 0.5) is 4.39 Å². The van der Waals surface area contributed by atoms with Gasteiger partial charge < -0.3 is 10.1 Å². The Morgan fingerprint density at radius 3 is 2.63 bits per heavy atom. The van der Waals surface area contributed by atoms with Gasteiger partial charge in [-0.3, -0.25) is 4.79 Å². The molecule has 19 heavy (non-hydrogen) atoms. The molecule has 2 aliphatic rings. The second-order valence-corrected chi connectivity index (χ2v) is 5.49. The average molecular weight is 263 g/mol. The third-order valence-electron chi connectivity index (χ3n) is 4.28. The van der Waals surface area contributed by atoms with Gasteiger partial charge in [-0.2, -0.15) is 0 Å². The molecule has 2 atom stereocenters. The predicted octanol–water partition coefficient (Wildman–Crippen LogP) is 2.55. The van der Waals surface area contributed by atoms with Crippen molar-refractivity contribution in [3.05, 3.63) is 29.6 Å². The van der Waals surface area contributed by atoms with Crippen molar-refractivity contribution in [2.24, 2.45) is 5.92 Å². The number of para-hydroxylation sites is 1. The summed E-state index contributed by atoms with van der Waals surface area (Å²) in [5.41, 5.74) is 0.383. The molecule has 2 bridgehead atoms. The summed E-state index contributed by atoms with van der Waals surface area (Å²) in [7, 11) is 1.40. The van der Waals surface area contributed by atoms with Crippen molar-refractivity contribution in [3.8, 4) is 5.75 Å². The molecular weight excluding hydrogens is 245 g/mol. The molecule has 0 saturated carbocycles. The number of rotatable bonds is 3. The Bertz CT molecular complexity index is 491. The van der Waals surface area contributed by atoms with E-state index < -0.39 is 5.82 Å². The SMILES string of the molecule is COc1c(F)cccc1C(=O)C1CC2CCC(C1)N2. The summed E-state index contributed by atoms with van der Waals surface area (Å²) in [6.45, 7) is 0. The summed E-state index contributed by atoms with van der Waals surface area (Å²) in [4.78, 5) is 12.6. The number of ether oxygens (including phenoxy) is 1. The number of benzene rings is 1. The van der Waals surface area contributed by atoms with E-state index in [0.717, 1.165) is 25.7 Å². The van der Waals surface area contributed by atoms with E-state index in [1.54, 1.807) is 12.1 Å². The van der Waals surface area contributed by atoms with Gasteiger partial charge in [0.15, 0.2) is 17.3 Å². The van der Waals surface area contributed by atoms with Crippen LogP contribution in [0.25, 0.3) is 0 Å². The molecule has 4 heteroatoms. The standard InChI is InChI=1S/C15H18FNO2/c1-19-15-12(3-2-4-13(15)16)14(18)9-7-10-5-6-11(8-9)17-10/h2-4,9-11,17H,5-8H2,1H3. The summed E-state index contributed by atoms with van der Waals surface area (Å²) >= 11 is 0. The molecule has 0 aromatic heterocycles. The molecule has 3 rings (SSSR count). The van der Waals surface area contributed by atoms with Crippen LogP contribution >= 0.6 is 0 Å². The quantitative estimate of drug-likeness (QED) is 0.852. The molecule has 2 unspecified atom stereocenters. The Labute approximate surface area is 112 Å². The first kappa shape index (κ1) is 12.6. The molecule has 2 heterocycles. The predicted molar refractivity (Wildman–Crippen MR) is 70.0 cm³/mol. The summed E-state index contributed by atoms with van der Waals surface area (Å²) in [5, 5.41) is 3.51. The number of ketones is 1. The third-order valence-corrected chi connectivity index (χ3v) is 4.28. The summed E-state index contributed by atoms with van der Waals surface area (Å²) < 4.78 is 18.7. The van der Waals surface area contributed by atoms with Crippen LogP contribution in [0.1, 0.15) is 36.0 Å². The lowest BCUT2D eigenvalue weighted by molar-refractivity contribution is 0.0871. The van der Waals surface area contributed by atoms with Crippen LogP contribution in [0.15, 0.2) is 18.2 Å². The zero-order chi connectivity index (χ0) is 13.4. The number of hydrogen-bond donors (Lipinski definition) is 1. The van der Waals surface area contributed by atoms with Crippen LogP contribution in [0.3, 0.4) is 0 Å². The summed E-state index contributed by atoms with van der Waals surface area (Å²) in [5.74, 6) is -0.368.